The summed E-state index contributed by atoms with van der Waals surface area (Å²) in [4.78, 5) is 7.02. The van der Waals surface area contributed by atoms with E-state index in [1.54, 1.807) is 0 Å². The lowest BCUT2D eigenvalue weighted by atomic mass is 10.1. The monoisotopic (exact) mass is 373 g/mol. The SMILES string of the molecule is CCNC(=NCC1(CS(C)(=O)=O)CC1)N1CCOC(C2CCCO2)C1. The van der Waals surface area contributed by atoms with Crippen molar-refractivity contribution in [2.75, 3.05) is 51.4 Å². The average molecular weight is 374 g/mol. The summed E-state index contributed by atoms with van der Waals surface area (Å²) in [6, 6.07) is 0. The van der Waals surface area contributed by atoms with Gasteiger partial charge in [0.2, 0.25) is 0 Å². The Hall–Kier alpha value is -0.860. The molecule has 0 aromatic carbocycles. The number of hydrogen-bond acceptors (Lipinski definition) is 5. The minimum Gasteiger partial charge on any atom is -0.375 e. The molecule has 3 aliphatic rings. The zero-order chi connectivity index (χ0) is 17.9. The van der Waals surface area contributed by atoms with Crippen LogP contribution in [0, 0.1) is 5.41 Å². The molecule has 8 heteroatoms. The summed E-state index contributed by atoms with van der Waals surface area (Å²) in [5.74, 6) is 1.11. The summed E-state index contributed by atoms with van der Waals surface area (Å²) in [6.07, 6.45) is 5.65. The molecule has 0 bridgehead atoms. The van der Waals surface area contributed by atoms with Gasteiger partial charge in [0.15, 0.2) is 5.96 Å². The predicted octanol–water partition coefficient (Wildman–Crippen LogP) is 0.657. The number of sulfone groups is 1. The third-order valence-electron chi connectivity index (χ3n) is 5.20. The summed E-state index contributed by atoms with van der Waals surface area (Å²) in [7, 11) is -2.96. The quantitative estimate of drug-likeness (QED) is 0.544. The van der Waals surface area contributed by atoms with Gasteiger partial charge in [-0.25, -0.2) is 8.42 Å². The molecule has 2 atom stereocenters. The molecule has 25 heavy (non-hydrogen) atoms. The summed E-state index contributed by atoms with van der Waals surface area (Å²) in [5.41, 5.74) is -0.144. The highest BCUT2D eigenvalue weighted by Gasteiger charge is 2.45. The van der Waals surface area contributed by atoms with Crippen molar-refractivity contribution in [2.24, 2.45) is 10.4 Å². The van der Waals surface area contributed by atoms with Crippen molar-refractivity contribution in [1.82, 2.24) is 10.2 Å². The fraction of sp³-hybridized carbons (Fsp3) is 0.941. The van der Waals surface area contributed by atoms with Crippen molar-refractivity contribution < 1.29 is 17.9 Å². The fourth-order valence-electron chi connectivity index (χ4n) is 3.74. The molecule has 2 unspecified atom stereocenters. The molecule has 144 valence electrons. The van der Waals surface area contributed by atoms with E-state index in [2.05, 4.69) is 17.1 Å². The molecule has 3 rings (SSSR count). The van der Waals surface area contributed by atoms with E-state index in [1.807, 2.05) is 0 Å². The Morgan fingerprint density at radius 1 is 1.28 bits per heavy atom. The topological polar surface area (TPSA) is 80.2 Å². The Kier molecular flexibility index (Phi) is 5.90. The smallest absolute Gasteiger partial charge is 0.194 e. The van der Waals surface area contributed by atoms with Crippen LogP contribution >= 0.6 is 0 Å². The Morgan fingerprint density at radius 3 is 2.64 bits per heavy atom. The summed E-state index contributed by atoms with van der Waals surface area (Å²) >= 11 is 0. The van der Waals surface area contributed by atoms with Crippen molar-refractivity contribution in [3.05, 3.63) is 0 Å². The van der Waals surface area contributed by atoms with Gasteiger partial charge in [-0.05, 0) is 32.6 Å². The molecule has 7 nitrogen and oxygen atoms in total. The second kappa shape index (κ2) is 7.80. The van der Waals surface area contributed by atoms with Crippen LogP contribution in [0.1, 0.15) is 32.6 Å². The number of ether oxygens (including phenoxy) is 2. The first kappa shape index (κ1) is 18.9. The molecule has 1 aliphatic carbocycles. The van der Waals surface area contributed by atoms with E-state index in [9.17, 15) is 8.42 Å². The van der Waals surface area contributed by atoms with Gasteiger partial charge in [0.05, 0.1) is 18.5 Å². The van der Waals surface area contributed by atoms with Crippen LogP contribution in [0.3, 0.4) is 0 Å². The molecule has 3 fully saturated rings. The predicted molar refractivity (Wildman–Crippen MR) is 97.6 cm³/mol. The molecule has 0 radical (unpaired) electrons. The van der Waals surface area contributed by atoms with Crippen LogP contribution in [0.25, 0.3) is 0 Å². The van der Waals surface area contributed by atoms with Crippen LogP contribution in [0.4, 0.5) is 0 Å². The van der Waals surface area contributed by atoms with Gasteiger partial charge in [-0.2, -0.15) is 0 Å². The molecule has 2 saturated heterocycles. The second-order valence-electron chi connectivity index (χ2n) is 7.65. The molecule has 1 N–H and O–H groups in total. The Bertz CT molecular complexity index is 583. The Labute approximate surface area is 151 Å². The van der Waals surface area contributed by atoms with Crippen molar-refractivity contribution in [3.8, 4) is 0 Å². The van der Waals surface area contributed by atoms with E-state index in [-0.39, 0.29) is 23.4 Å². The number of guanidine groups is 1. The zero-order valence-corrected chi connectivity index (χ0v) is 16.2. The zero-order valence-electron chi connectivity index (χ0n) is 15.4. The number of hydrogen-bond donors (Lipinski definition) is 1. The molecular formula is C17H31N3O4S. The highest BCUT2D eigenvalue weighted by molar-refractivity contribution is 7.90. The third kappa shape index (κ3) is 5.31. The van der Waals surface area contributed by atoms with Crippen LogP contribution in [0.2, 0.25) is 0 Å². The minimum atomic E-state index is -2.96. The fourth-order valence-corrected chi connectivity index (χ4v) is 5.23. The van der Waals surface area contributed by atoms with Gasteiger partial charge >= 0.3 is 0 Å². The summed E-state index contributed by atoms with van der Waals surface area (Å²) in [5, 5.41) is 3.36. The normalized spacial score (nSPS) is 29.7. The van der Waals surface area contributed by atoms with Gasteiger partial charge in [0.1, 0.15) is 15.9 Å². The number of nitrogens with zero attached hydrogens (tertiary/aromatic N) is 2. The lowest BCUT2D eigenvalue weighted by Crippen LogP contribution is -2.53. The lowest BCUT2D eigenvalue weighted by Gasteiger charge is -2.37. The molecule has 2 heterocycles. The minimum absolute atomic E-state index is 0.0889. The third-order valence-corrected chi connectivity index (χ3v) is 6.33. The molecule has 0 aromatic heterocycles. The van der Waals surface area contributed by atoms with Gasteiger partial charge < -0.3 is 19.7 Å². The van der Waals surface area contributed by atoms with E-state index in [1.165, 1.54) is 6.26 Å². The van der Waals surface area contributed by atoms with E-state index in [0.717, 1.165) is 57.9 Å². The van der Waals surface area contributed by atoms with E-state index in [0.29, 0.717) is 13.2 Å². The lowest BCUT2D eigenvalue weighted by molar-refractivity contribution is -0.0817. The van der Waals surface area contributed by atoms with E-state index < -0.39 is 9.84 Å². The van der Waals surface area contributed by atoms with Crippen LogP contribution in [0.5, 0.6) is 0 Å². The summed E-state index contributed by atoms with van der Waals surface area (Å²) < 4.78 is 35.0. The number of rotatable bonds is 6. The molecule has 0 aromatic rings. The van der Waals surface area contributed by atoms with Gasteiger partial charge in [-0.15, -0.1) is 0 Å². The maximum Gasteiger partial charge on any atom is 0.194 e. The van der Waals surface area contributed by atoms with Crippen molar-refractivity contribution in [2.45, 2.75) is 44.8 Å². The molecular weight excluding hydrogens is 342 g/mol. The molecule has 2 aliphatic heterocycles. The van der Waals surface area contributed by atoms with Gasteiger partial charge in [-0.1, -0.05) is 0 Å². The van der Waals surface area contributed by atoms with Gasteiger partial charge in [0.25, 0.3) is 0 Å². The van der Waals surface area contributed by atoms with Gasteiger partial charge in [0, 0.05) is 44.5 Å². The molecule has 0 spiro atoms. The highest BCUT2D eigenvalue weighted by atomic mass is 32.2. The average Bonchev–Trinajstić information content (AvgIpc) is 3.10. The highest BCUT2D eigenvalue weighted by Crippen LogP contribution is 2.47. The largest absolute Gasteiger partial charge is 0.375 e. The van der Waals surface area contributed by atoms with E-state index in [4.69, 9.17) is 14.5 Å². The maximum atomic E-state index is 11.6. The van der Waals surface area contributed by atoms with E-state index >= 15 is 0 Å². The molecule has 1 saturated carbocycles. The van der Waals surface area contributed by atoms with Crippen LogP contribution in [-0.2, 0) is 19.3 Å². The number of nitrogens with one attached hydrogen (secondary N) is 1. The van der Waals surface area contributed by atoms with Crippen molar-refractivity contribution in [1.29, 1.82) is 0 Å². The Morgan fingerprint density at radius 2 is 2.04 bits per heavy atom. The number of aliphatic imine (C=N–C) groups is 1. The molecule has 0 amide bonds. The van der Waals surface area contributed by atoms with Crippen LogP contribution in [-0.4, -0.2) is 82.9 Å². The Balaban J connectivity index is 1.63. The summed E-state index contributed by atoms with van der Waals surface area (Å²) in [6.45, 7) is 6.49. The van der Waals surface area contributed by atoms with Gasteiger partial charge in [-0.3, -0.25) is 4.99 Å². The number of morpholine rings is 1. The van der Waals surface area contributed by atoms with Crippen molar-refractivity contribution >= 4 is 15.8 Å². The first-order valence-electron chi connectivity index (χ1n) is 9.35. The van der Waals surface area contributed by atoms with Crippen molar-refractivity contribution in [3.63, 3.8) is 0 Å². The first-order chi connectivity index (χ1) is 11.9. The maximum absolute atomic E-state index is 11.6. The first-order valence-corrected chi connectivity index (χ1v) is 11.4. The van der Waals surface area contributed by atoms with Crippen LogP contribution < -0.4 is 5.32 Å². The standard InChI is InChI=1S/C17H31N3O4S/c1-3-18-16(19-12-17(6-7-17)13-25(2,21)22)20-8-10-24-15(11-20)14-5-4-9-23-14/h14-15H,3-13H2,1-2H3,(H,18,19). The van der Waals surface area contributed by atoms with Crippen LogP contribution in [0.15, 0.2) is 4.99 Å². The second-order valence-corrected chi connectivity index (χ2v) is 9.79.